The molecule has 0 unspecified atom stereocenters. The monoisotopic (exact) mass is 405 g/mol. The number of nitrogens with two attached hydrogens (primary N) is 1. The van der Waals surface area contributed by atoms with Crippen LogP contribution in [0.2, 0.25) is 0 Å². The van der Waals surface area contributed by atoms with Crippen LogP contribution < -0.4 is 11.1 Å². The summed E-state index contributed by atoms with van der Waals surface area (Å²) in [5.41, 5.74) is 5.34. The topological polar surface area (TPSA) is 68.0 Å². The zero-order valence-electron chi connectivity index (χ0n) is 9.75. The van der Waals surface area contributed by atoms with Gasteiger partial charge in [-0.05, 0) is 44.0 Å². The zero-order chi connectivity index (χ0) is 14.9. The molecule has 0 aliphatic heterocycles. The molecule has 0 saturated heterocycles. The van der Waals surface area contributed by atoms with Crippen LogP contribution in [-0.4, -0.2) is 10.9 Å². The van der Waals surface area contributed by atoms with Crippen molar-refractivity contribution in [2.24, 2.45) is 0 Å². The molecule has 0 aliphatic carbocycles. The molecule has 1 aromatic carbocycles. The third-order valence-corrected chi connectivity index (χ3v) is 3.43. The Balaban J connectivity index is 2.32. The van der Waals surface area contributed by atoms with Gasteiger partial charge >= 0.3 is 0 Å². The highest BCUT2D eigenvalue weighted by Crippen LogP contribution is 2.24. The van der Waals surface area contributed by atoms with E-state index in [-0.39, 0.29) is 21.5 Å². The number of nitrogens with zero attached hydrogens (tertiary/aromatic N) is 1. The van der Waals surface area contributed by atoms with Crippen molar-refractivity contribution in [1.82, 2.24) is 4.98 Å². The summed E-state index contributed by atoms with van der Waals surface area (Å²) in [6.45, 7) is 0. The lowest BCUT2D eigenvalue weighted by molar-refractivity contribution is 0.102. The first-order valence-corrected chi connectivity index (χ1v) is 6.84. The number of carbonyl (C=O) groups is 1. The molecule has 1 heterocycles. The summed E-state index contributed by atoms with van der Waals surface area (Å²) in [5, 5.41) is 2.25. The Morgan fingerprint density at radius 2 is 1.90 bits per heavy atom. The second-order valence-corrected chi connectivity index (χ2v) is 5.56. The van der Waals surface area contributed by atoms with E-state index < -0.39 is 17.5 Å². The molecule has 4 nitrogen and oxygen atoms in total. The van der Waals surface area contributed by atoms with Crippen LogP contribution in [0.5, 0.6) is 0 Å². The van der Waals surface area contributed by atoms with Gasteiger partial charge in [0.15, 0.2) is 0 Å². The van der Waals surface area contributed by atoms with Crippen molar-refractivity contribution in [3.8, 4) is 0 Å². The van der Waals surface area contributed by atoms with Gasteiger partial charge in [0, 0.05) is 16.7 Å². The number of carbonyl (C=O) groups excluding carboxylic acids is 1. The van der Waals surface area contributed by atoms with Gasteiger partial charge in [-0.25, -0.2) is 13.8 Å². The van der Waals surface area contributed by atoms with Crippen LogP contribution in [0.25, 0.3) is 0 Å². The van der Waals surface area contributed by atoms with Crippen LogP contribution in [-0.2, 0) is 0 Å². The molecule has 0 radical (unpaired) electrons. The van der Waals surface area contributed by atoms with Crippen LogP contribution >= 0.6 is 31.9 Å². The van der Waals surface area contributed by atoms with E-state index in [0.29, 0.717) is 4.47 Å². The molecule has 0 fully saturated rings. The Labute approximate surface area is 129 Å². The molecule has 1 amide bonds. The SMILES string of the molecule is Nc1ncc(Br)cc1C(=O)Nc1cc(F)c(Br)cc1F. The molecule has 2 rings (SSSR count). The predicted octanol–water partition coefficient (Wildman–Crippen LogP) is 3.72. The second-order valence-electron chi connectivity index (χ2n) is 3.79. The Morgan fingerprint density at radius 1 is 1.20 bits per heavy atom. The first-order chi connectivity index (χ1) is 9.38. The number of hydrogen-bond acceptors (Lipinski definition) is 3. The highest BCUT2D eigenvalue weighted by molar-refractivity contribution is 9.10. The predicted molar refractivity (Wildman–Crippen MR) is 78.4 cm³/mol. The summed E-state index contributed by atoms with van der Waals surface area (Å²) >= 11 is 6.00. The molecule has 0 spiro atoms. The van der Waals surface area contributed by atoms with E-state index >= 15 is 0 Å². The maximum atomic E-state index is 13.6. The fourth-order valence-electron chi connectivity index (χ4n) is 1.44. The summed E-state index contributed by atoms with van der Waals surface area (Å²) in [6, 6.07) is 3.23. The summed E-state index contributed by atoms with van der Waals surface area (Å²) < 4.78 is 27.5. The summed E-state index contributed by atoms with van der Waals surface area (Å²) in [7, 11) is 0. The number of anilines is 2. The summed E-state index contributed by atoms with van der Waals surface area (Å²) in [5.74, 6) is -2.16. The molecular weight excluding hydrogens is 400 g/mol. The number of hydrogen-bond donors (Lipinski definition) is 2. The standard InChI is InChI=1S/C12H7Br2F2N3O/c13-5-1-6(11(17)18-4-5)12(20)19-10-3-8(15)7(14)2-9(10)16/h1-4H,(H2,17,18)(H,19,20). The fourth-order valence-corrected chi connectivity index (χ4v) is 2.09. The van der Waals surface area contributed by atoms with Crippen LogP contribution in [0.4, 0.5) is 20.3 Å². The molecule has 104 valence electrons. The molecular formula is C12H7Br2F2N3O. The average Bonchev–Trinajstić information content (AvgIpc) is 2.38. The van der Waals surface area contributed by atoms with Gasteiger partial charge in [-0.2, -0.15) is 0 Å². The minimum atomic E-state index is -0.770. The minimum absolute atomic E-state index is 0.0105. The third kappa shape index (κ3) is 3.13. The van der Waals surface area contributed by atoms with Gasteiger partial charge in [0.05, 0.1) is 15.7 Å². The number of benzene rings is 1. The maximum absolute atomic E-state index is 13.6. The smallest absolute Gasteiger partial charge is 0.259 e. The molecule has 3 N–H and O–H groups in total. The number of pyridine rings is 1. The molecule has 0 aliphatic rings. The number of amides is 1. The van der Waals surface area contributed by atoms with Gasteiger partial charge in [0.1, 0.15) is 17.5 Å². The van der Waals surface area contributed by atoms with Crippen LogP contribution in [0, 0.1) is 11.6 Å². The Bertz CT molecular complexity index is 695. The van der Waals surface area contributed by atoms with E-state index in [1.165, 1.54) is 12.3 Å². The van der Waals surface area contributed by atoms with E-state index in [1.54, 1.807) is 0 Å². The van der Waals surface area contributed by atoms with E-state index in [0.717, 1.165) is 12.1 Å². The van der Waals surface area contributed by atoms with Crippen molar-refractivity contribution in [2.45, 2.75) is 0 Å². The lowest BCUT2D eigenvalue weighted by Crippen LogP contribution is -2.16. The van der Waals surface area contributed by atoms with Gasteiger partial charge in [-0.15, -0.1) is 0 Å². The number of nitrogens with one attached hydrogen (secondary N) is 1. The summed E-state index contributed by atoms with van der Waals surface area (Å²) in [4.78, 5) is 15.8. The van der Waals surface area contributed by atoms with Crippen molar-refractivity contribution in [3.63, 3.8) is 0 Å². The van der Waals surface area contributed by atoms with Crippen LogP contribution in [0.3, 0.4) is 0 Å². The molecule has 0 atom stereocenters. The number of rotatable bonds is 2. The van der Waals surface area contributed by atoms with E-state index in [2.05, 4.69) is 42.2 Å². The average molecular weight is 407 g/mol. The maximum Gasteiger partial charge on any atom is 0.259 e. The third-order valence-electron chi connectivity index (χ3n) is 2.39. The van der Waals surface area contributed by atoms with Crippen molar-refractivity contribution in [3.05, 3.63) is 50.5 Å². The number of halogens is 4. The Morgan fingerprint density at radius 3 is 2.60 bits per heavy atom. The quantitative estimate of drug-likeness (QED) is 0.747. The number of aromatic nitrogens is 1. The van der Waals surface area contributed by atoms with Gasteiger partial charge in [0.25, 0.3) is 5.91 Å². The highest BCUT2D eigenvalue weighted by Gasteiger charge is 2.15. The van der Waals surface area contributed by atoms with Crippen molar-refractivity contribution < 1.29 is 13.6 Å². The van der Waals surface area contributed by atoms with Gasteiger partial charge in [0.2, 0.25) is 0 Å². The second kappa shape index (κ2) is 5.84. The normalized spacial score (nSPS) is 10.4. The Kier molecular flexibility index (Phi) is 4.34. The fraction of sp³-hybridized carbons (Fsp3) is 0. The highest BCUT2D eigenvalue weighted by atomic mass is 79.9. The van der Waals surface area contributed by atoms with Gasteiger partial charge in [-0.1, -0.05) is 0 Å². The van der Waals surface area contributed by atoms with E-state index in [1.807, 2.05) is 0 Å². The number of nitrogen functional groups attached to an aromatic ring is 1. The van der Waals surface area contributed by atoms with Crippen molar-refractivity contribution in [1.29, 1.82) is 0 Å². The molecule has 0 saturated carbocycles. The lowest BCUT2D eigenvalue weighted by atomic mass is 10.2. The lowest BCUT2D eigenvalue weighted by Gasteiger charge is -2.09. The largest absolute Gasteiger partial charge is 0.383 e. The van der Waals surface area contributed by atoms with Crippen LogP contribution in [0.1, 0.15) is 10.4 Å². The van der Waals surface area contributed by atoms with Crippen LogP contribution in [0.15, 0.2) is 33.3 Å². The van der Waals surface area contributed by atoms with E-state index in [9.17, 15) is 13.6 Å². The molecule has 8 heteroatoms. The van der Waals surface area contributed by atoms with Gasteiger partial charge < -0.3 is 11.1 Å². The first-order valence-electron chi connectivity index (χ1n) is 5.25. The summed E-state index contributed by atoms with van der Waals surface area (Å²) in [6.07, 6.45) is 1.42. The molecule has 0 bridgehead atoms. The van der Waals surface area contributed by atoms with Crippen molar-refractivity contribution in [2.75, 3.05) is 11.1 Å². The van der Waals surface area contributed by atoms with E-state index in [4.69, 9.17) is 5.73 Å². The molecule has 2 aromatic rings. The first kappa shape index (κ1) is 14.9. The zero-order valence-corrected chi connectivity index (χ0v) is 12.9. The van der Waals surface area contributed by atoms with Gasteiger partial charge in [-0.3, -0.25) is 4.79 Å². The molecule has 1 aromatic heterocycles. The van der Waals surface area contributed by atoms with Crippen molar-refractivity contribution >= 4 is 49.3 Å². The Hall–Kier alpha value is -1.54. The molecule has 20 heavy (non-hydrogen) atoms. The minimum Gasteiger partial charge on any atom is -0.383 e.